The summed E-state index contributed by atoms with van der Waals surface area (Å²) in [5, 5.41) is 4.11. The highest BCUT2D eigenvalue weighted by atomic mass is 16.5. The van der Waals surface area contributed by atoms with Crippen LogP contribution in [0.5, 0.6) is 11.5 Å². The molecule has 9 heteroatoms. The van der Waals surface area contributed by atoms with Crippen molar-refractivity contribution in [2.75, 3.05) is 27.3 Å². The number of carbonyl (C=O) groups is 1. The Morgan fingerprint density at radius 2 is 2.00 bits per heavy atom. The first-order valence-corrected chi connectivity index (χ1v) is 9.31. The molecule has 4 rings (SSSR count). The lowest BCUT2D eigenvalue weighted by molar-refractivity contribution is 0.0696. The minimum absolute atomic E-state index is 0.0254. The number of nitrogens with zero attached hydrogens (tertiary/aromatic N) is 5. The molecule has 1 unspecified atom stereocenters. The Morgan fingerprint density at radius 1 is 1.21 bits per heavy atom. The number of hydrogen-bond donors (Lipinski definition) is 0. The van der Waals surface area contributed by atoms with Crippen LogP contribution in [-0.4, -0.2) is 58.2 Å². The van der Waals surface area contributed by atoms with Gasteiger partial charge in [-0.05, 0) is 25.0 Å². The summed E-state index contributed by atoms with van der Waals surface area (Å²) in [6, 6.07) is 5.30. The zero-order valence-corrected chi connectivity index (χ0v) is 16.2. The van der Waals surface area contributed by atoms with E-state index >= 15 is 0 Å². The van der Waals surface area contributed by atoms with E-state index in [1.807, 2.05) is 0 Å². The summed E-state index contributed by atoms with van der Waals surface area (Å²) in [7, 11) is 3.08. The molecule has 1 atom stereocenters. The van der Waals surface area contributed by atoms with Gasteiger partial charge < -0.3 is 18.9 Å². The zero-order valence-electron chi connectivity index (χ0n) is 16.2. The first-order valence-electron chi connectivity index (χ1n) is 9.31. The zero-order chi connectivity index (χ0) is 20.2. The van der Waals surface area contributed by atoms with Crippen LogP contribution >= 0.6 is 0 Å². The molecule has 1 aliphatic heterocycles. The van der Waals surface area contributed by atoms with E-state index in [-0.39, 0.29) is 11.8 Å². The van der Waals surface area contributed by atoms with E-state index in [1.54, 1.807) is 41.7 Å². The fraction of sp³-hybridized carbons (Fsp3) is 0.350. The molecule has 0 saturated carbocycles. The van der Waals surface area contributed by atoms with Crippen LogP contribution in [-0.2, 0) is 0 Å². The molecule has 1 amide bonds. The van der Waals surface area contributed by atoms with Crippen LogP contribution in [0.3, 0.4) is 0 Å². The van der Waals surface area contributed by atoms with Crippen LogP contribution in [0.4, 0.5) is 0 Å². The highest BCUT2D eigenvalue weighted by molar-refractivity contribution is 5.99. The van der Waals surface area contributed by atoms with Gasteiger partial charge in [0.25, 0.3) is 11.8 Å². The van der Waals surface area contributed by atoms with Crippen LogP contribution < -0.4 is 9.47 Å². The summed E-state index contributed by atoms with van der Waals surface area (Å²) in [6.07, 6.45) is 6.43. The smallest absolute Gasteiger partial charge is 0.278 e. The van der Waals surface area contributed by atoms with Crippen LogP contribution in [0.2, 0.25) is 0 Å². The Bertz CT molecular complexity index is 969. The van der Waals surface area contributed by atoms with E-state index in [2.05, 4.69) is 20.1 Å². The maximum Gasteiger partial charge on any atom is 0.278 e. The van der Waals surface area contributed by atoms with Gasteiger partial charge in [0.2, 0.25) is 0 Å². The number of amides is 1. The van der Waals surface area contributed by atoms with Gasteiger partial charge in [0.15, 0.2) is 5.82 Å². The van der Waals surface area contributed by atoms with Gasteiger partial charge in [-0.25, -0.2) is 4.98 Å². The molecule has 0 radical (unpaired) electrons. The lowest BCUT2D eigenvalue weighted by Gasteiger charge is -2.32. The van der Waals surface area contributed by atoms with Gasteiger partial charge in [-0.1, -0.05) is 11.2 Å². The summed E-state index contributed by atoms with van der Waals surface area (Å²) in [5.41, 5.74) is 0.945. The van der Waals surface area contributed by atoms with E-state index in [0.29, 0.717) is 47.6 Å². The first kappa shape index (κ1) is 18.9. The van der Waals surface area contributed by atoms with Crippen LogP contribution in [0.25, 0.3) is 11.6 Å². The second kappa shape index (κ2) is 8.26. The number of rotatable bonds is 5. The number of benzene rings is 1. The van der Waals surface area contributed by atoms with E-state index in [9.17, 15) is 4.79 Å². The molecular weight excluding hydrogens is 374 g/mol. The normalized spacial score (nSPS) is 16.5. The SMILES string of the molecule is COc1cccc(OC)c1C(=O)N1CCCC(c2noc(-c3cnccn3)n2)C1. The standard InChI is InChI=1S/C20H21N5O4/c1-27-15-6-3-7-16(28-2)17(15)20(26)25-10-4-5-13(12-25)18-23-19(29-24-18)14-11-21-8-9-22-14/h3,6-9,11,13H,4-5,10,12H2,1-2H3. The molecule has 9 nitrogen and oxygen atoms in total. The Labute approximate surface area is 167 Å². The minimum Gasteiger partial charge on any atom is -0.496 e. The van der Waals surface area contributed by atoms with E-state index in [4.69, 9.17) is 14.0 Å². The third kappa shape index (κ3) is 3.75. The number of methoxy groups -OCH3 is 2. The Hall–Kier alpha value is -3.49. The number of piperidine rings is 1. The molecular formula is C20H21N5O4. The highest BCUT2D eigenvalue weighted by Crippen LogP contribution is 2.33. The van der Waals surface area contributed by atoms with Crippen molar-refractivity contribution in [1.29, 1.82) is 0 Å². The van der Waals surface area contributed by atoms with Gasteiger partial charge in [0.1, 0.15) is 22.8 Å². The summed E-state index contributed by atoms with van der Waals surface area (Å²) in [4.78, 5) is 27.7. The lowest BCUT2D eigenvalue weighted by Crippen LogP contribution is -2.39. The minimum atomic E-state index is -0.137. The van der Waals surface area contributed by atoms with E-state index < -0.39 is 0 Å². The van der Waals surface area contributed by atoms with Crippen molar-refractivity contribution in [2.24, 2.45) is 0 Å². The van der Waals surface area contributed by atoms with Gasteiger partial charge in [-0.15, -0.1) is 0 Å². The first-order chi connectivity index (χ1) is 14.2. The largest absolute Gasteiger partial charge is 0.496 e. The van der Waals surface area contributed by atoms with Gasteiger partial charge in [-0.3, -0.25) is 9.78 Å². The molecule has 3 aromatic rings. The third-order valence-corrected chi connectivity index (χ3v) is 4.94. The fourth-order valence-corrected chi connectivity index (χ4v) is 3.51. The second-order valence-electron chi connectivity index (χ2n) is 6.68. The summed E-state index contributed by atoms with van der Waals surface area (Å²) in [5.74, 6) is 1.70. The van der Waals surface area contributed by atoms with Crippen molar-refractivity contribution in [3.63, 3.8) is 0 Å². The number of likely N-dealkylation sites (tertiary alicyclic amines) is 1. The predicted octanol–water partition coefficient (Wildman–Crippen LogP) is 2.56. The average molecular weight is 395 g/mol. The molecule has 1 aliphatic rings. The third-order valence-electron chi connectivity index (χ3n) is 4.94. The summed E-state index contributed by atoms with van der Waals surface area (Å²) >= 11 is 0. The molecule has 1 saturated heterocycles. The second-order valence-corrected chi connectivity index (χ2v) is 6.68. The molecule has 3 heterocycles. The summed E-state index contributed by atoms with van der Waals surface area (Å²) < 4.78 is 16.1. The van der Waals surface area contributed by atoms with Crippen molar-refractivity contribution in [3.05, 3.63) is 48.2 Å². The summed E-state index contributed by atoms with van der Waals surface area (Å²) in [6.45, 7) is 1.13. The monoisotopic (exact) mass is 395 g/mol. The van der Waals surface area contributed by atoms with Crippen molar-refractivity contribution in [1.82, 2.24) is 25.0 Å². The van der Waals surface area contributed by atoms with Crippen molar-refractivity contribution in [3.8, 4) is 23.1 Å². The van der Waals surface area contributed by atoms with E-state index in [1.165, 1.54) is 14.2 Å². The number of aromatic nitrogens is 4. The van der Waals surface area contributed by atoms with Crippen molar-refractivity contribution >= 4 is 5.91 Å². The molecule has 1 fully saturated rings. The topological polar surface area (TPSA) is 103 Å². The molecule has 0 aliphatic carbocycles. The molecule has 150 valence electrons. The van der Waals surface area contributed by atoms with E-state index in [0.717, 1.165) is 12.8 Å². The van der Waals surface area contributed by atoms with Crippen molar-refractivity contribution in [2.45, 2.75) is 18.8 Å². The maximum atomic E-state index is 13.2. The fourth-order valence-electron chi connectivity index (χ4n) is 3.51. The molecule has 29 heavy (non-hydrogen) atoms. The average Bonchev–Trinajstić information content (AvgIpc) is 3.29. The molecule has 0 bridgehead atoms. The quantitative estimate of drug-likeness (QED) is 0.649. The molecule has 0 spiro atoms. The van der Waals surface area contributed by atoms with Crippen LogP contribution in [0.15, 0.2) is 41.3 Å². The molecule has 1 aromatic carbocycles. The van der Waals surface area contributed by atoms with Crippen LogP contribution in [0.1, 0.15) is 34.9 Å². The highest BCUT2D eigenvalue weighted by Gasteiger charge is 2.31. The van der Waals surface area contributed by atoms with Gasteiger partial charge in [0, 0.05) is 31.4 Å². The molecule has 0 N–H and O–H groups in total. The van der Waals surface area contributed by atoms with Crippen LogP contribution in [0, 0.1) is 0 Å². The van der Waals surface area contributed by atoms with Crippen molar-refractivity contribution < 1.29 is 18.8 Å². The van der Waals surface area contributed by atoms with Gasteiger partial charge in [-0.2, -0.15) is 4.98 Å². The predicted molar refractivity (Wildman–Crippen MR) is 103 cm³/mol. The Balaban J connectivity index is 1.55. The number of hydrogen-bond acceptors (Lipinski definition) is 8. The number of carbonyl (C=O) groups excluding carboxylic acids is 1. The Kier molecular flexibility index (Phi) is 5.37. The molecule has 2 aromatic heterocycles. The Morgan fingerprint density at radius 3 is 2.69 bits per heavy atom. The maximum absolute atomic E-state index is 13.2. The van der Waals surface area contributed by atoms with Gasteiger partial charge >= 0.3 is 0 Å². The van der Waals surface area contributed by atoms with Gasteiger partial charge in [0.05, 0.1) is 20.4 Å². The number of ether oxygens (including phenoxy) is 2. The lowest BCUT2D eigenvalue weighted by atomic mass is 9.96.